The van der Waals surface area contributed by atoms with E-state index in [1.165, 1.54) is 11.3 Å². The molecule has 1 aliphatic heterocycles. The van der Waals surface area contributed by atoms with Crippen LogP contribution in [0, 0.1) is 5.41 Å². The van der Waals surface area contributed by atoms with E-state index in [0.29, 0.717) is 6.04 Å². The molecule has 1 heterocycles. The predicted molar refractivity (Wildman–Crippen MR) is 117 cm³/mol. The van der Waals surface area contributed by atoms with Gasteiger partial charge in [0.05, 0.1) is 13.2 Å². The average Bonchev–Trinajstić information content (AvgIpc) is 2.57. The summed E-state index contributed by atoms with van der Waals surface area (Å²) in [5.74, 6) is 0. The molecule has 0 aliphatic carbocycles. The Labute approximate surface area is 167 Å². The number of anilines is 1. The van der Waals surface area contributed by atoms with Gasteiger partial charge in [0, 0.05) is 50.0 Å². The Morgan fingerprint density at radius 1 is 0.963 bits per heavy atom. The molecule has 27 heavy (non-hydrogen) atoms. The normalized spacial score (nSPS) is 18.0. The summed E-state index contributed by atoms with van der Waals surface area (Å²) >= 11 is 0. The molecule has 154 valence electrons. The molecule has 0 amide bonds. The van der Waals surface area contributed by atoms with Gasteiger partial charge in [0.2, 0.25) is 0 Å². The first kappa shape index (κ1) is 22.2. The second-order valence-electron chi connectivity index (χ2n) is 10.1. The van der Waals surface area contributed by atoms with E-state index >= 15 is 0 Å². The molecule has 0 spiro atoms. The molecule has 1 N–H and O–H groups in total. The lowest BCUT2D eigenvalue weighted by Crippen LogP contribution is -2.47. The van der Waals surface area contributed by atoms with Gasteiger partial charge in [0.1, 0.15) is 0 Å². The van der Waals surface area contributed by atoms with Crippen molar-refractivity contribution in [3.63, 3.8) is 0 Å². The number of nitrogens with zero attached hydrogens (tertiary/aromatic N) is 2. The molecule has 0 saturated carbocycles. The number of piperazine rings is 1. The summed E-state index contributed by atoms with van der Waals surface area (Å²) < 4.78 is 5.82. The van der Waals surface area contributed by atoms with Crippen molar-refractivity contribution in [2.24, 2.45) is 5.41 Å². The number of hydrogen-bond donors (Lipinski definition) is 1. The third-order valence-corrected chi connectivity index (χ3v) is 4.87. The first-order valence-electron chi connectivity index (χ1n) is 10.5. The van der Waals surface area contributed by atoms with Crippen molar-refractivity contribution >= 4 is 5.69 Å². The number of nitrogens with one attached hydrogen (secondary N) is 1. The van der Waals surface area contributed by atoms with Crippen LogP contribution in [0.15, 0.2) is 24.3 Å². The number of benzene rings is 1. The van der Waals surface area contributed by atoms with Crippen molar-refractivity contribution in [2.45, 2.75) is 60.0 Å². The molecule has 1 aliphatic rings. The Hall–Kier alpha value is -1.10. The van der Waals surface area contributed by atoms with E-state index in [1.54, 1.807) is 0 Å². The topological polar surface area (TPSA) is 27.7 Å². The highest BCUT2D eigenvalue weighted by Crippen LogP contribution is 2.22. The van der Waals surface area contributed by atoms with E-state index in [9.17, 15) is 0 Å². The fourth-order valence-corrected chi connectivity index (χ4v) is 3.51. The maximum atomic E-state index is 5.82. The summed E-state index contributed by atoms with van der Waals surface area (Å²) in [5, 5.41) is 3.64. The highest BCUT2D eigenvalue weighted by molar-refractivity contribution is 5.48. The summed E-state index contributed by atoms with van der Waals surface area (Å²) in [7, 11) is 0. The second-order valence-corrected chi connectivity index (χ2v) is 10.1. The zero-order chi connectivity index (χ0) is 20.1. The third-order valence-electron chi connectivity index (χ3n) is 4.87. The Morgan fingerprint density at radius 3 is 2.07 bits per heavy atom. The van der Waals surface area contributed by atoms with Crippen molar-refractivity contribution in [3.05, 3.63) is 29.8 Å². The van der Waals surface area contributed by atoms with Crippen molar-refractivity contribution in [3.8, 4) is 0 Å². The molecule has 1 atom stereocenters. The summed E-state index contributed by atoms with van der Waals surface area (Å²) in [6.07, 6.45) is 0. The van der Waals surface area contributed by atoms with Gasteiger partial charge in [-0.25, -0.2) is 0 Å². The molecule has 0 aromatic heterocycles. The van der Waals surface area contributed by atoms with Crippen LogP contribution in [-0.2, 0) is 4.74 Å². The summed E-state index contributed by atoms with van der Waals surface area (Å²) in [4.78, 5) is 5.01. The van der Waals surface area contributed by atoms with Gasteiger partial charge >= 0.3 is 0 Å². The fraction of sp³-hybridized carbons (Fsp3) is 0.739. The van der Waals surface area contributed by atoms with Crippen molar-refractivity contribution < 1.29 is 4.74 Å². The monoisotopic (exact) mass is 375 g/mol. The maximum Gasteiger partial charge on any atom is 0.0593 e. The number of hydrogen-bond acceptors (Lipinski definition) is 4. The lowest BCUT2D eigenvalue weighted by Gasteiger charge is -2.36. The van der Waals surface area contributed by atoms with E-state index in [2.05, 4.69) is 87.8 Å². The molecule has 1 saturated heterocycles. The highest BCUT2D eigenvalue weighted by atomic mass is 16.5. The summed E-state index contributed by atoms with van der Waals surface area (Å²) in [6, 6.07) is 9.46. The Kier molecular flexibility index (Phi) is 7.73. The molecular weight excluding hydrogens is 334 g/mol. The van der Waals surface area contributed by atoms with Gasteiger partial charge in [-0.3, -0.25) is 4.90 Å². The largest absolute Gasteiger partial charge is 0.380 e. The van der Waals surface area contributed by atoms with Gasteiger partial charge in [0.25, 0.3) is 0 Å². The molecule has 0 bridgehead atoms. The standard InChI is InChI=1S/C23H41N3O/c1-19(24-23(5,6)7)20-8-10-21(11-9-20)26-14-12-25(13-15-26)16-17-27-18-22(2,3)4/h8-11,19,24H,12-18H2,1-7H3. The molecule has 1 aromatic carbocycles. The summed E-state index contributed by atoms with van der Waals surface area (Å²) in [6.45, 7) is 22.7. The van der Waals surface area contributed by atoms with Crippen LogP contribution in [0.1, 0.15) is 60.1 Å². The summed E-state index contributed by atoms with van der Waals surface area (Å²) in [5.41, 5.74) is 3.07. The van der Waals surface area contributed by atoms with Crippen LogP contribution < -0.4 is 10.2 Å². The smallest absolute Gasteiger partial charge is 0.0593 e. The van der Waals surface area contributed by atoms with E-state index in [-0.39, 0.29) is 11.0 Å². The first-order valence-corrected chi connectivity index (χ1v) is 10.5. The van der Waals surface area contributed by atoms with Crippen molar-refractivity contribution in [1.29, 1.82) is 0 Å². The van der Waals surface area contributed by atoms with E-state index in [4.69, 9.17) is 4.74 Å². The molecule has 2 rings (SSSR count). The van der Waals surface area contributed by atoms with E-state index in [1.807, 2.05) is 0 Å². The van der Waals surface area contributed by atoms with Crippen LogP contribution >= 0.6 is 0 Å². The zero-order valence-corrected chi connectivity index (χ0v) is 18.6. The minimum Gasteiger partial charge on any atom is -0.380 e. The Morgan fingerprint density at radius 2 is 1.56 bits per heavy atom. The van der Waals surface area contributed by atoms with Crippen LogP contribution in [0.2, 0.25) is 0 Å². The quantitative estimate of drug-likeness (QED) is 0.718. The highest BCUT2D eigenvalue weighted by Gasteiger charge is 2.19. The van der Waals surface area contributed by atoms with Crippen LogP contribution in [0.5, 0.6) is 0 Å². The maximum absolute atomic E-state index is 5.82. The van der Waals surface area contributed by atoms with Crippen molar-refractivity contribution in [2.75, 3.05) is 50.8 Å². The predicted octanol–water partition coefficient (Wildman–Crippen LogP) is 4.32. The van der Waals surface area contributed by atoms with Gasteiger partial charge in [-0.1, -0.05) is 32.9 Å². The minimum absolute atomic E-state index is 0.130. The second kappa shape index (κ2) is 9.40. The molecule has 1 aromatic rings. The van der Waals surface area contributed by atoms with Crippen LogP contribution in [-0.4, -0.2) is 56.4 Å². The molecule has 0 radical (unpaired) electrons. The lowest BCUT2D eigenvalue weighted by atomic mass is 9.99. The zero-order valence-electron chi connectivity index (χ0n) is 18.6. The molecule has 1 fully saturated rings. The van der Waals surface area contributed by atoms with Gasteiger partial charge < -0.3 is 15.0 Å². The number of ether oxygens (including phenoxy) is 1. The first-order chi connectivity index (χ1) is 12.5. The van der Waals surface area contributed by atoms with Crippen LogP contribution in [0.25, 0.3) is 0 Å². The van der Waals surface area contributed by atoms with Crippen LogP contribution in [0.4, 0.5) is 5.69 Å². The average molecular weight is 376 g/mol. The van der Waals surface area contributed by atoms with Crippen molar-refractivity contribution in [1.82, 2.24) is 10.2 Å². The van der Waals surface area contributed by atoms with Gasteiger partial charge in [0.15, 0.2) is 0 Å². The molecule has 4 nitrogen and oxygen atoms in total. The van der Waals surface area contributed by atoms with Gasteiger partial charge in [-0.2, -0.15) is 0 Å². The van der Waals surface area contributed by atoms with E-state index in [0.717, 1.165) is 45.9 Å². The number of rotatable bonds is 7. The van der Waals surface area contributed by atoms with Gasteiger partial charge in [-0.05, 0) is 50.8 Å². The molecule has 4 heteroatoms. The SMILES string of the molecule is CC(NC(C)(C)C)c1ccc(N2CCN(CCOCC(C)(C)C)CC2)cc1. The Balaban J connectivity index is 1.76. The fourth-order valence-electron chi connectivity index (χ4n) is 3.51. The minimum atomic E-state index is 0.130. The lowest BCUT2D eigenvalue weighted by molar-refractivity contribution is 0.0537. The van der Waals surface area contributed by atoms with E-state index < -0.39 is 0 Å². The molecular formula is C23H41N3O. The Bertz CT molecular complexity index is 548. The van der Waals surface area contributed by atoms with Gasteiger partial charge in [-0.15, -0.1) is 0 Å². The van der Waals surface area contributed by atoms with Crippen LogP contribution in [0.3, 0.4) is 0 Å². The molecule has 1 unspecified atom stereocenters. The third kappa shape index (κ3) is 8.20.